The SMILES string of the molecule is COc1ccc2c(c1)/C(=C1\c3c(ccc4ccccc34)CC1OC)c1ccccc1-2. The van der Waals surface area contributed by atoms with Crippen LogP contribution in [0.15, 0.2) is 78.9 Å². The first-order chi connectivity index (χ1) is 14.8. The standard InChI is InChI=1S/C28H22O2/c1-29-19-13-14-22-21-9-5-6-10-23(21)27(24(22)16-19)28-25(30-2)15-18-12-11-17-7-3-4-8-20(17)26(18)28/h3-14,16,25H,15H2,1-2H3/b28-27-. The molecule has 2 nitrogen and oxygen atoms in total. The second-order valence-corrected chi connectivity index (χ2v) is 8.00. The van der Waals surface area contributed by atoms with Crippen LogP contribution in [0.5, 0.6) is 5.75 Å². The molecular formula is C28H22O2. The molecule has 4 aromatic carbocycles. The average molecular weight is 390 g/mol. The van der Waals surface area contributed by atoms with E-state index in [0.29, 0.717) is 0 Å². The van der Waals surface area contributed by atoms with E-state index in [4.69, 9.17) is 9.47 Å². The van der Waals surface area contributed by atoms with Crippen LogP contribution in [-0.4, -0.2) is 20.3 Å². The van der Waals surface area contributed by atoms with Crippen LogP contribution in [0.4, 0.5) is 0 Å². The quantitative estimate of drug-likeness (QED) is 0.349. The summed E-state index contributed by atoms with van der Waals surface area (Å²) < 4.78 is 11.7. The molecule has 146 valence electrons. The van der Waals surface area contributed by atoms with Crippen LogP contribution in [0.3, 0.4) is 0 Å². The van der Waals surface area contributed by atoms with E-state index in [0.717, 1.165) is 12.2 Å². The summed E-state index contributed by atoms with van der Waals surface area (Å²) in [6.07, 6.45) is 0.933. The summed E-state index contributed by atoms with van der Waals surface area (Å²) in [4.78, 5) is 0. The van der Waals surface area contributed by atoms with Gasteiger partial charge in [-0.3, -0.25) is 0 Å². The summed E-state index contributed by atoms with van der Waals surface area (Å²) in [7, 11) is 3.56. The summed E-state index contributed by atoms with van der Waals surface area (Å²) in [6.45, 7) is 0. The van der Waals surface area contributed by atoms with Gasteiger partial charge in [0.2, 0.25) is 0 Å². The lowest BCUT2D eigenvalue weighted by Crippen LogP contribution is -2.10. The predicted octanol–water partition coefficient (Wildman–Crippen LogP) is 6.36. The molecular weight excluding hydrogens is 368 g/mol. The Hall–Kier alpha value is -3.36. The van der Waals surface area contributed by atoms with Crippen molar-refractivity contribution in [3.8, 4) is 16.9 Å². The maximum absolute atomic E-state index is 6.07. The van der Waals surface area contributed by atoms with Gasteiger partial charge in [0.25, 0.3) is 0 Å². The fraction of sp³-hybridized carbons (Fsp3) is 0.143. The van der Waals surface area contributed by atoms with Crippen LogP contribution in [0.25, 0.3) is 33.0 Å². The van der Waals surface area contributed by atoms with Gasteiger partial charge in [-0.2, -0.15) is 0 Å². The molecule has 2 aliphatic carbocycles. The van der Waals surface area contributed by atoms with E-state index in [1.165, 1.54) is 55.3 Å². The van der Waals surface area contributed by atoms with Gasteiger partial charge in [-0.25, -0.2) is 0 Å². The number of methoxy groups -OCH3 is 2. The molecule has 6 rings (SSSR count). The molecule has 0 fully saturated rings. The summed E-state index contributed by atoms with van der Waals surface area (Å²) in [5.41, 5.74) is 10.3. The zero-order valence-corrected chi connectivity index (χ0v) is 17.1. The Morgan fingerprint density at radius 2 is 1.50 bits per heavy atom. The van der Waals surface area contributed by atoms with Crippen molar-refractivity contribution >= 4 is 21.9 Å². The minimum atomic E-state index is 0.0333. The number of benzene rings is 4. The lowest BCUT2D eigenvalue weighted by atomic mass is 9.90. The van der Waals surface area contributed by atoms with Gasteiger partial charge >= 0.3 is 0 Å². The van der Waals surface area contributed by atoms with E-state index in [-0.39, 0.29) is 6.10 Å². The highest BCUT2D eigenvalue weighted by Crippen LogP contribution is 2.52. The first-order valence-corrected chi connectivity index (χ1v) is 10.4. The highest BCUT2D eigenvalue weighted by atomic mass is 16.5. The number of ether oxygens (including phenoxy) is 2. The van der Waals surface area contributed by atoms with Crippen molar-refractivity contribution in [1.29, 1.82) is 0 Å². The number of hydrogen-bond acceptors (Lipinski definition) is 2. The molecule has 1 unspecified atom stereocenters. The van der Waals surface area contributed by atoms with E-state index >= 15 is 0 Å². The fourth-order valence-corrected chi connectivity index (χ4v) is 5.22. The molecule has 0 saturated heterocycles. The van der Waals surface area contributed by atoms with E-state index in [2.05, 4.69) is 78.9 Å². The fourth-order valence-electron chi connectivity index (χ4n) is 5.22. The molecule has 0 amide bonds. The molecule has 2 heteroatoms. The van der Waals surface area contributed by atoms with Crippen LogP contribution >= 0.6 is 0 Å². The van der Waals surface area contributed by atoms with Gasteiger partial charge in [-0.1, -0.05) is 66.7 Å². The molecule has 0 N–H and O–H groups in total. The van der Waals surface area contributed by atoms with Crippen molar-refractivity contribution in [2.75, 3.05) is 14.2 Å². The smallest absolute Gasteiger partial charge is 0.119 e. The Morgan fingerprint density at radius 1 is 0.733 bits per heavy atom. The Bertz CT molecular complexity index is 1350. The second kappa shape index (κ2) is 6.58. The molecule has 4 aromatic rings. The van der Waals surface area contributed by atoms with Gasteiger partial charge in [0.1, 0.15) is 5.75 Å². The minimum Gasteiger partial charge on any atom is -0.497 e. The highest BCUT2D eigenvalue weighted by molar-refractivity contribution is 6.15. The van der Waals surface area contributed by atoms with Crippen molar-refractivity contribution in [1.82, 2.24) is 0 Å². The van der Waals surface area contributed by atoms with Gasteiger partial charge < -0.3 is 9.47 Å². The van der Waals surface area contributed by atoms with Gasteiger partial charge in [-0.15, -0.1) is 0 Å². The van der Waals surface area contributed by atoms with E-state index < -0.39 is 0 Å². The number of rotatable bonds is 2. The van der Waals surface area contributed by atoms with E-state index in [1.807, 2.05) is 7.11 Å². The predicted molar refractivity (Wildman–Crippen MR) is 123 cm³/mol. The second-order valence-electron chi connectivity index (χ2n) is 8.00. The normalized spacial score (nSPS) is 18.9. The molecule has 0 heterocycles. The molecule has 0 aromatic heterocycles. The molecule has 2 aliphatic rings. The largest absolute Gasteiger partial charge is 0.497 e. The molecule has 0 aliphatic heterocycles. The van der Waals surface area contributed by atoms with Crippen molar-refractivity contribution in [3.05, 3.63) is 101 Å². The summed E-state index contributed by atoms with van der Waals surface area (Å²) >= 11 is 0. The Labute approximate surface area is 176 Å². The van der Waals surface area contributed by atoms with Gasteiger partial charge in [0, 0.05) is 13.5 Å². The Kier molecular flexibility index (Phi) is 3.84. The van der Waals surface area contributed by atoms with Crippen molar-refractivity contribution < 1.29 is 9.47 Å². The molecule has 30 heavy (non-hydrogen) atoms. The lowest BCUT2D eigenvalue weighted by molar-refractivity contribution is 0.154. The van der Waals surface area contributed by atoms with Crippen molar-refractivity contribution in [2.24, 2.45) is 0 Å². The average Bonchev–Trinajstić information content (AvgIpc) is 3.33. The monoisotopic (exact) mass is 390 g/mol. The Balaban J connectivity index is 1.77. The van der Waals surface area contributed by atoms with Gasteiger partial charge in [-0.05, 0) is 67.4 Å². The minimum absolute atomic E-state index is 0.0333. The summed E-state index contributed by atoms with van der Waals surface area (Å²) in [5, 5.41) is 2.56. The van der Waals surface area contributed by atoms with E-state index in [1.54, 1.807) is 7.11 Å². The molecule has 0 saturated carbocycles. The maximum Gasteiger partial charge on any atom is 0.119 e. The zero-order valence-electron chi connectivity index (χ0n) is 17.1. The third kappa shape index (κ3) is 2.34. The summed E-state index contributed by atoms with van der Waals surface area (Å²) in [5.74, 6) is 0.879. The van der Waals surface area contributed by atoms with Crippen LogP contribution in [-0.2, 0) is 11.2 Å². The van der Waals surface area contributed by atoms with Crippen LogP contribution < -0.4 is 4.74 Å². The van der Waals surface area contributed by atoms with Gasteiger partial charge in [0.05, 0.1) is 13.2 Å². The summed E-state index contributed by atoms with van der Waals surface area (Å²) in [6, 6.07) is 28.3. The molecule has 1 atom stereocenters. The van der Waals surface area contributed by atoms with Crippen LogP contribution in [0.1, 0.15) is 22.3 Å². The zero-order chi connectivity index (χ0) is 20.2. The molecule has 0 radical (unpaired) electrons. The first-order valence-electron chi connectivity index (χ1n) is 10.4. The van der Waals surface area contributed by atoms with Crippen LogP contribution in [0, 0.1) is 0 Å². The third-order valence-electron chi connectivity index (χ3n) is 6.55. The first kappa shape index (κ1) is 17.5. The Morgan fingerprint density at radius 3 is 2.33 bits per heavy atom. The lowest BCUT2D eigenvalue weighted by Gasteiger charge is -2.17. The highest BCUT2D eigenvalue weighted by Gasteiger charge is 2.35. The van der Waals surface area contributed by atoms with Crippen LogP contribution in [0.2, 0.25) is 0 Å². The number of hydrogen-bond donors (Lipinski definition) is 0. The third-order valence-corrected chi connectivity index (χ3v) is 6.55. The topological polar surface area (TPSA) is 18.5 Å². The van der Waals surface area contributed by atoms with Gasteiger partial charge in [0.15, 0.2) is 0 Å². The van der Waals surface area contributed by atoms with Crippen molar-refractivity contribution in [2.45, 2.75) is 12.5 Å². The molecule has 0 spiro atoms. The van der Waals surface area contributed by atoms with E-state index in [9.17, 15) is 0 Å². The number of fused-ring (bicyclic) bond motifs is 6. The maximum atomic E-state index is 6.07. The molecule has 0 bridgehead atoms. The van der Waals surface area contributed by atoms with Crippen molar-refractivity contribution in [3.63, 3.8) is 0 Å².